The van der Waals surface area contributed by atoms with E-state index in [2.05, 4.69) is 21.2 Å². The molecule has 4 nitrogen and oxygen atoms in total. The second-order valence-electron chi connectivity index (χ2n) is 3.43. The molecule has 92 valence electrons. The second-order valence-corrected chi connectivity index (χ2v) is 4.35. The lowest BCUT2D eigenvalue weighted by Gasteiger charge is -2.12. The summed E-state index contributed by atoms with van der Waals surface area (Å²) in [5.41, 5.74) is 0.0802. The Bertz CT molecular complexity index is 430. The Morgan fingerprint density at radius 3 is 2.59 bits per heavy atom. The number of carbonyl (C=O) groups excluding carboxylic acids is 1. The first-order valence-corrected chi connectivity index (χ1v) is 5.73. The van der Waals surface area contributed by atoms with Crippen molar-refractivity contribution < 1.29 is 19.1 Å². The molecule has 0 aromatic heterocycles. The molecule has 0 aliphatic rings. The summed E-state index contributed by atoms with van der Waals surface area (Å²) in [6, 6.07) is 2.72. The number of carbonyl (C=O) groups is 2. The molecule has 0 fully saturated rings. The molecule has 0 spiro atoms. The van der Waals surface area contributed by atoms with Gasteiger partial charge in [0.05, 0.1) is 0 Å². The fraction of sp³-hybridized carbons (Fsp3) is 0.273. The lowest BCUT2D eigenvalue weighted by molar-refractivity contribution is -0.139. The summed E-state index contributed by atoms with van der Waals surface area (Å²) in [6.07, 6.45) is 0.261. The molecule has 0 aliphatic carbocycles. The first-order valence-electron chi connectivity index (χ1n) is 4.93. The zero-order valence-corrected chi connectivity index (χ0v) is 10.6. The van der Waals surface area contributed by atoms with Crippen LogP contribution in [0.2, 0.25) is 0 Å². The lowest BCUT2D eigenvalue weighted by Crippen LogP contribution is -2.40. The first-order chi connectivity index (χ1) is 7.93. The highest BCUT2D eigenvalue weighted by molar-refractivity contribution is 9.10. The van der Waals surface area contributed by atoms with E-state index < -0.39 is 23.7 Å². The van der Waals surface area contributed by atoms with Crippen molar-refractivity contribution in [1.82, 2.24) is 5.32 Å². The highest BCUT2D eigenvalue weighted by Gasteiger charge is 2.18. The van der Waals surface area contributed by atoms with Gasteiger partial charge in [0.25, 0.3) is 5.91 Å². The van der Waals surface area contributed by atoms with E-state index in [0.29, 0.717) is 4.47 Å². The standard InChI is InChI=1S/C11H11BrFNO3/c1-2-9(11(16)17)14-10(15)6-3-7(12)5-8(13)4-6/h3-5,9H,2H2,1H3,(H,14,15)(H,16,17). The molecule has 17 heavy (non-hydrogen) atoms. The third kappa shape index (κ3) is 3.81. The van der Waals surface area contributed by atoms with E-state index in [1.807, 2.05) is 0 Å². The maximum Gasteiger partial charge on any atom is 0.326 e. The molecule has 1 rings (SSSR count). The quantitative estimate of drug-likeness (QED) is 0.896. The van der Waals surface area contributed by atoms with Gasteiger partial charge in [0, 0.05) is 10.0 Å². The van der Waals surface area contributed by atoms with Crippen molar-refractivity contribution in [3.8, 4) is 0 Å². The van der Waals surface area contributed by atoms with Gasteiger partial charge >= 0.3 is 5.97 Å². The van der Waals surface area contributed by atoms with Gasteiger partial charge in [-0.2, -0.15) is 0 Å². The van der Waals surface area contributed by atoms with Crippen LogP contribution in [-0.4, -0.2) is 23.0 Å². The van der Waals surface area contributed by atoms with Crippen molar-refractivity contribution in [2.75, 3.05) is 0 Å². The molecular formula is C11H11BrFNO3. The average Bonchev–Trinajstić information content (AvgIpc) is 2.23. The Morgan fingerprint density at radius 1 is 1.47 bits per heavy atom. The largest absolute Gasteiger partial charge is 0.480 e. The number of rotatable bonds is 4. The van der Waals surface area contributed by atoms with Gasteiger partial charge in [-0.15, -0.1) is 0 Å². The van der Waals surface area contributed by atoms with Crippen LogP contribution in [0.3, 0.4) is 0 Å². The molecule has 1 unspecified atom stereocenters. The van der Waals surface area contributed by atoms with Crippen LogP contribution >= 0.6 is 15.9 Å². The van der Waals surface area contributed by atoms with E-state index in [9.17, 15) is 14.0 Å². The van der Waals surface area contributed by atoms with Crippen LogP contribution in [0.1, 0.15) is 23.7 Å². The summed E-state index contributed by atoms with van der Waals surface area (Å²) in [6.45, 7) is 1.64. The molecule has 0 aliphatic heterocycles. The van der Waals surface area contributed by atoms with E-state index in [1.54, 1.807) is 6.92 Å². The van der Waals surface area contributed by atoms with Crippen LogP contribution in [0, 0.1) is 5.82 Å². The van der Waals surface area contributed by atoms with Crippen molar-refractivity contribution >= 4 is 27.8 Å². The van der Waals surface area contributed by atoms with Crippen LogP contribution < -0.4 is 5.32 Å². The number of halogens is 2. The number of hydrogen-bond donors (Lipinski definition) is 2. The predicted molar refractivity (Wildman–Crippen MR) is 63.3 cm³/mol. The van der Waals surface area contributed by atoms with E-state index in [0.717, 1.165) is 6.07 Å². The average molecular weight is 304 g/mol. The van der Waals surface area contributed by atoms with Gasteiger partial charge in [-0.05, 0) is 24.6 Å². The molecule has 0 saturated heterocycles. The molecule has 1 aromatic carbocycles. The number of carboxylic acid groups (broad SMARTS) is 1. The highest BCUT2D eigenvalue weighted by atomic mass is 79.9. The van der Waals surface area contributed by atoms with Gasteiger partial charge in [-0.1, -0.05) is 22.9 Å². The minimum atomic E-state index is -1.11. The van der Waals surface area contributed by atoms with Gasteiger partial charge in [0.15, 0.2) is 0 Å². The van der Waals surface area contributed by atoms with E-state index >= 15 is 0 Å². The van der Waals surface area contributed by atoms with Gasteiger partial charge in [0.1, 0.15) is 11.9 Å². The zero-order chi connectivity index (χ0) is 13.0. The van der Waals surface area contributed by atoms with Gasteiger partial charge in [-0.3, -0.25) is 4.79 Å². The molecule has 0 bridgehead atoms. The molecule has 2 N–H and O–H groups in total. The number of benzene rings is 1. The smallest absolute Gasteiger partial charge is 0.326 e. The molecule has 0 saturated carbocycles. The van der Waals surface area contributed by atoms with Crippen LogP contribution in [0.4, 0.5) is 4.39 Å². The van der Waals surface area contributed by atoms with Gasteiger partial charge in [0.2, 0.25) is 0 Å². The maximum absolute atomic E-state index is 13.0. The summed E-state index contributed by atoms with van der Waals surface area (Å²) in [5.74, 6) is -2.29. The first kappa shape index (κ1) is 13.6. The molecule has 1 atom stereocenters. The Kier molecular flexibility index (Phi) is 4.62. The minimum Gasteiger partial charge on any atom is -0.480 e. The number of amides is 1. The van der Waals surface area contributed by atoms with Crippen LogP contribution in [-0.2, 0) is 4.79 Å². The molecule has 1 aromatic rings. The van der Waals surface area contributed by atoms with Crippen LogP contribution in [0.25, 0.3) is 0 Å². The summed E-state index contributed by atoms with van der Waals surface area (Å²) >= 11 is 3.06. The van der Waals surface area contributed by atoms with Crippen molar-refractivity contribution in [3.05, 3.63) is 34.1 Å². The summed E-state index contributed by atoms with van der Waals surface area (Å²) in [7, 11) is 0. The van der Waals surface area contributed by atoms with Crippen LogP contribution in [0.5, 0.6) is 0 Å². The van der Waals surface area contributed by atoms with E-state index in [4.69, 9.17) is 5.11 Å². The molecule has 6 heteroatoms. The fourth-order valence-corrected chi connectivity index (χ4v) is 1.73. The number of hydrogen-bond acceptors (Lipinski definition) is 2. The van der Waals surface area contributed by atoms with E-state index in [-0.39, 0.29) is 12.0 Å². The third-order valence-electron chi connectivity index (χ3n) is 2.14. The summed E-state index contributed by atoms with van der Waals surface area (Å²) in [4.78, 5) is 22.4. The SMILES string of the molecule is CCC(NC(=O)c1cc(F)cc(Br)c1)C(=O)O. The Hall–Kier alpha value is -1.43. The van der Waals surface area contributed by atoms with Crippen molar-refractivity contribution in [3.63, 3.8) is 0 Å². The Morgan fingerprint density at radius 2 is 2.12 bits per heavy atom. The summed E-state index contributed by atoms with van der Waals surface area (Å²) < 4.78 is 13.5. The van der Waals surface area contributed by atoms with Crippen molar-refractivity contribution in [2.45, 2.75) is 19.4 Å². The van der Waals surface area contributed by atoms with Crippen LogP contribution in [0.15, 0.2) is 22.7 Å². The van der Waals surface area contributed by atoms with Gasteiger partial charge in [-0.25, -0.2) is 9.18 Å². The Balaban J connectivity index is 2.86. The molecule has 0 radical (unpaired) electrons. The highest BCUT2D eigenvalue weighted by Crippen LogP contribution is 2.15. The van der Waals surface area contributed by atoms with Gasteiger partial charge < -0.3 is 10.4 Å². The van der Waals surface area contributed by atoms with Crippen molar-refractivity contribution in [1.29, 1.82) is 0 Å². The Labute approximate surface area is 106 Å². The number of aliphatic carboxylic acids is 1. The van der Waals surface area contributed by atoms with Crippen molar-refractivity contribution in [2.24, 2.45) is 0 Å². The lowest BCUT2D eigenvalue weighted by atomic mass is 10.1. The minimum absolute atomic E-state index is 0.0802. The normalized spacial score (nSPS) is 11.9. The summed E-state index contributed by atoms with van der Waals surface area (Å²) in [5, 5.41) is 11.1. The zero-order valence-electron chi connectivity index (χ0n) is 9.04. The maximum atomic E-state index is 13.0. The monoisotopic (exact) mass is 303 g/mol. The molecule has 1 amide bonds. The fourth-order valence-electron chi connectivity index (χ4n) is 1.26. The molecule has 0 heterocycles. The third-order valence-corrected chi connectivity index (χ3v) is 2.59. The predicted octanol–water partition coefficient (Wildman–Crippen LogP) is 2.18. The van der Waals surface area contributed by atoms with E-state index in [1.165, 1.54) is 12.1 Å². The number of nitrogens with one attached hydrogen (secondary N) is 1. The number of carboxylic acids is 1. The molecular weight excluding hydrogens is 293 g/mol. The topological polar surface area (TPSA) is 66.4 Å². The second kappa shape index (κ2) is 5.77.